The van der Waals surface area contributed by atoms with Gasteiger partial charge in [-0.15, -0.1) is 0 Å². The molecular weight excluding hydrogens is 472 g/mol. The number of nitrogens with zero attached hydrogens (tertiary/aromatic N) is 3. The Labute approximate surface area is 214 Å². The third-order valence-corrected chi connectivity index (χ3v) is 7.37. The highest BCUT2D eigenvalue weighted by Crippen LogP contribution is 2.39. The van der Waals surface area contributed by atoms with Gasteiger partial charge in [0.25, 0.3) is 5.91 Å². The number of hydrogen-bond donors (Lipinski definition) is 1. The quantitative estimate of drug-likeness (QED) is 0.506. The maximum absolute atomic E-state index is 12.8. The van der Waals surface area contributed by atoms with E-state index in [2.05, 4.69) is 10.3 Å². The van der Waals surface area contributed by atoms with Gasteiger partial charge in [0.05, 0.1) is 18.9 Å². The van der Waals surface area contributed by atoms with Crippen LogP contribution in [-0.4, -0.2) is 40.1 Å². The van der Waals surface area contributed by atoms with Crippen LogP contribution in [0.1, 0.15) is 35.6 Å². The largest absolute Gasteiger partial charge is 0.497 e. The minimum absolute atomic E-state index is 0.0428. The molecule has 0 bridgehead atoms. The van der Waals surface area contributed by atoms with E-state index in [-0.39, 0.29) is 24.3 Å². The number of ether oxygens (including phenoxy) is 1. The highest BCUT2D eigenvalue weighted by atomic mass is 32.2. The molecule has 0 saturated heterocycles. The summed E-state index contributed by atoms with van der Waals surface area (Å²) in [5, 5.41) is 9.54. The second-order valence-corrected chi connectivity index (χ2v) is 9.83. The van der Waals surface area contributed by atoms with Crippen molar-refractivity contribution in [2.24, 2.45) is 10.1 Å². The van der Waals surface area contributed by atoms with Gasteiger partial charge < -0.3 is 10.1 Å². The highest BCUT2D eigenvalue weighted by Gasteiger charge is 2.39. The maximum Gasteiger partial charge on any atom is 0.262 e. The number of aryl methyl sites for hydroxylation is 1. The summed E-state index contributed by atoms with van der Waals surface area (Å²) in [6.07, 6.45) is 0.712. The molecule has 1 N–H and O–H groups in total. The zero-order valence-electron chi connectivity index (χ0n) is 20.0. The second kappa shape index (κ2) is 10.4. The molecule has 0 fully saturated rings. The number of rotatable bonds is 6. The molecule has 0 aromatic heterocycles. The van der Waals surface area contributed by atoms with Gasteiger partial charge in [-0.25, -0.2) is 5.01 Å². The molecule has 2 atom stereocenters. The van der Waals surface area contributed by atoms with Crippen molar-refractivity contribution in [3.8, 4) is 5.75 Å². The Kier molecular flexibility index (Phi) is 6.86. The summed E-state index contributed by atoms with van der Waals surface area (Å²) in [5.74, 6) is 0.245. The van der Waals surface area contributed by atoms with Crippen LogP contribution in [0.25, 0.3) is 0 Å². The van der Waals surface area contributed by atoms with E-state index < -0.39 is 5.25 Å². The van der Waals surface area contributed by atoms with Crippen LogP contribution in [0.4, 0.5) is 5.69 Å². The molecule has 0 radical (unpaired) electrons. The molecule has 3 aromatic rings. The van der Waals surface area contributed by atoms with Crippen LogP contribution in [0, 0.1) is 6.92 Å². The fourth-order valence-corrected chi connectivity index (χ4v) is 5.33. The minimum atomic E-state index is -0.587. The number of aliphatic imine (C=N–C) groups is 1. The molecule has 2 unspecified atom stereocenters. The lowest BCUT2D eigenvalue weighted by atomic mass is 9.98. The van der Waals surface area contributed by atoms with E-state index in [0.29, 0.717) is 11.6 Å². The van der Waals surface area contributed by atoms with Gasteiger partial charge in [-0.1, -0.05) is 72.4 Å². The lowest BCUT2D eigenvalue weighted by Gasteiger charge is -2.23. The van der Waals surface area contributed by atoms with Crippen LogP contribution in [0.2, 0.25) is 0 Å². The number of carbonyl (C=O) groups is 2. The summed E-state index contributed by atoms with van der Waals surface area (Å²) in [6, 6.07) is 25.3. The van der Waals surface area contributed by atoms with E-state index >= 15 is 0 Å². The first kappa shape index (κ1) is 23.8. The van der Waals surface area contributed by atoms with E-state index in [1.807, 2.05) is 90.8 Å². The number of carbonyl (C=O) groups excluding carboxylic acids is 2. The molecule has 36 heavy (non-hydrogen) atoms. The normalized spacial score (nSPS) is 19.2. The maximum atomic E-state index is 12.8. The van der Waals surface area contributed by atoms with Gasteiger partial charge in [-0.05, 0) is 41.8 Å². The number of amidine groups is 1. The topological polar surface area (TPSA) is 83.4 Å². The summed E-state index contributed by atoms with van der Waals surface area (Å²) < 4.78 is 5.31. The molecule has 2 aliphatic heterocycles. The molecule has 3 aromatic carbocycles. The third-order valence-electron chi connectivity index (χ3n) is 6.23. The van der Waals surface area contributed by atoms with Crippen molar-refractivity contribution in [3.63, 3.8) is 0 Å². The summed E-state index contributed by atoms with van der Waals surface area (Å²) in [7, 11) is 1.64. The minimum Gasteiger partial charge on any atom is -0.497 e. The predicted octanol–water partition coefficient (Wildman–Crippen LogP) is 5.18. The molecule has 2 aliphatic rings. The Morgan fingerprint density at radius 2 is 1.78 bits per heavy atom. The Morgan fingerprint density at radius 3 is 2.50 bits per heavy atom. The molecule has 182 valence electrons. The number of thioether (sulfide) groups is 1. The van der Waals surface area contributed by atoms with Crippen LogP contribution in [0.5, 0.6) is 5.75 Å². The van der Waals surface area contributed by atoms with Crippen LogP contribution in [0.3, 0.4) is 0 Å². The van der Waals surface area contributed by atoms with Crippen molar-refractivity contribution >= 4 is 40.1 Å². The average molecular weight is 499 g/mol. The van der Waals surface area contributed by atoms with Crippen molar-refractivity contribution in [1.29, 1.82) is 0 Å². The van der Waals surface area contributed by atoms with Crippen molar-refractivity contribution in [1.82, 2.24) is 5.01 Å². The fraction of sp³-hybridized carbons (Fsp3) is 0.214. The Bertz CT molecular complexity index is 1340. The molecule has 2 amide bonds. The number of hydrogen-bond acceptors (Lipinski definition) is 6. The standard InChI is InChI=1S/C28H26N4O3S/c1-18-8-6-7-11-22(18)29-26(33)17-25-27(34)30-28(36-25)32-24(20-12-14-21(35-2)15-13-20)16-23(31-32)19-9-4-3-5-10-19/h3-15,24-25H,16-17H2,1-2H3,(H,29,33). The van der Waals surface area contributed by atoms with E-state index in [1.165, 1.54) is 11.8 Å². The van der Waals surface area contributed by atoms with E-state index in [4.69, 9.17) is 9.84 Å². The lowest BCUT2D eigenvalue weighted by Crippen LogP contribution is -2.25. The van der Waals surface area contributed by atoms with Crippen molar-refractivity contribution in [2.45, 2.75) is 31.1 Å². The molecule has 8 heteroatoms. The van der Waals surface area contributed by atoms with E-state index in [9.17, 15) is 9.59 Å². The van der Waals surface area contributed by atoms with Crippen molar-refractivity contribution in [3.05, 3.63) is 95.6 Å². The van der Waals surface area contributed by atoms with Gasteiger partial charge >= 0.3 is 0 Å². The van der Waals surface area contributed by atoms with E-state index in [1.54, 1.807) is 7.11 Å². The van der Waals surface area contributed by atoms with Gasteiger partial charge in [-0.2, -0.15) is 10.1 Å². The summed E-state index contributed by atoms with van der Waals surface area (Å²) in [4.78, 5) is 29.8. The van der Waals surface area contributed by atoms with Crippen LogP contribution in [-0.2, 0) is 9.59 Å². The highest BCUT2D eigenvalue weighted by molar-refractivity contribution is 8.15. The number of methoxy groups -OCH3 is 1. The first-order valence-electron chi connectivity index (χ1n) is 11.7. The lowest BCUT2D eigenvalue weighted by molar-refractivity contribution is -0.121. The van der Waals surface area contributed by atoms with Crippen LogP contribution < -0.4 is 10.1 Å². The van der Waals surface area contributed by atoms with Gasteiger partial charge in [0, 0.05) is 18.5 Å². The zero-order valence-corrected chi connectivity index (χ0v) is 20.9. The average Bonchev–Trinajstić information content (AvgIpc) is 3.50. The van der Waals surface area contributed by atoms with Gasteiger partial charge in [0.1, 0.15) is 11.0 Å². The summed E-state index contributed by atoms with van der Waals surface area (Å²) >= 11 is 1.30. The predicted molar refractivity (Wildman–Crippen MR) is 143 cm³/mol. The fourth-order valence-electron chi connectivity index (χ4n) is 4.26. The smallest absolute Gasteiger partial charge is 0.262 e. The van der Waals surface area contributed by atoms with Crippen LogP contribution in [0.15, 0.2) is 89.0 Å². The van der Waals surface area contributed by atoms with Crippen molar-refractivity contribution in [2.75, 3.05) is 12.4 Å². The molecule has 0 aliphatic carbocycles. The van der Waals surface area contributed by atoms with Crippen molar-refractivity contribution < 1.29 is 14.3 Å². The van der Waals surface area contributed by atoms with Gasteiger partial charge in [0.15, 0.2) is 5.17 Å². The first-order chi connectivity index (χ1) is 17.5. The van der Waals surface area contributed by atoms with Gasteiger partial charge in [0.2, 0.25) is 5.91 Å². The molecular formula is C28H26N4O3S. The zero-order chi connectivity index (χ0) is 25.1. The molecule has 0 spiro atoms. The molecule has 0 saturated carbocycles. The Balaban J connectivity index is 1.35. The van der Waals surface area contributed by atoms with Crippen LogP contribution >= 0.6 is 11.8 Å². The molecule has 2 heterocycles. The number of para-hydroxylation sites is 1. The summed E-state index contributed by atoms with van der Waals surface area (Å²) in [6.45, 7) is 1.93. The SMILES string of the molecule is COc1ccc(C2CC(c3ccccc3)=NN2C2=NC(=O)C(CC(=O)Nc3ccccc3C)S2)cc1. The molecule has 7 nitrogen and oxygen atoms in total. The number of nitrogens with one attached hydrogen (secondary N) is 1. The number of anilines is 1. The number of hydrazone groups is 1. The summed E-state index contributed by atoms with van der Waals surface area (Å²) in [5.41, 5.74) is 4.71. The number of amides is 2. The van der Waals surface area contributed by atoms with E-state index in [0.717, 1.165) is 33.8 Å². The molecule has 5 rings (SSSR count). The first-order valence-corrected chi connectivity index (χ1v) is 12.6. The monoisotopic (exact) mass is 498 g/mol. The second-order valence-electron chi connectivity index (χ2n) is 8.66. The Hall–Kier alpha value is -3.91. The Morgan fingerprint density at radius 1 is 1.06 bits per heavy atom. The number of benzene rings is 3. The van der Waals surface area contributed by atoms with Gasteiger partial charge in [-0.3, -0.25) is 9.59 Å². The third kappa shape index (κ3) is 5.04.